The maximum absolute atomic E-state index is 4.58. The van der Waals surface area contributed by atoms with Gasteiger partial charge >= 0.3 is 0 Å². The van der Waals surface area contributed by atoms with Gasteiger partial charge in [-0.2, -0.15) is 0 Å². The number of nitrogens with zero attached hydrogens (tertiary/aromatic N) is 4. The Kier molecular flexibility index (Phi) is 5.39. The van der Waals surface area contributed by atoms with Crippen molar-refractivity contribution in [3.8, 4) is 11.3 Å². The Labute approximate surface area is 176 Å². The Morgan fingerprint density at radius 2 is 1.20 bits per heavy atom. The van der Waals surface area contributed by atoms with Gasteiger partial charge in [-0.25, -0.2) is 19.9 Å². The van der Waals surface area contributed by atoms with Crippen LogP contribution in [-0.4, -0.2) is 19.9 Å². The lowest BCUT2D eigenvalue weighted by Crippen LogP contribution is -2.01. The number of nitrogens with one attached hydrogen (secondary N) is 2. The van der Waals surface area contributed by atoms with Crippen LogP contribution in [0.15, 0.2) is 60.7 Å². The topological polar surface area (TPSA) is 75.6 Å². The van der Waals surface area contributed by atoms with E-state index >= 15 is 0 Å². The van der Waals surface area contributed by atoms with E-state index in [1.807, 2.05) is 57.2 Å². The Morgan fingerprint density at radius 1 is 0.600 bits per heavy atom. The molecular formula is C24H24N6. The first-order chi connectivity index (χ1) is 14.4. The number of anilines is 4. The molecule has 6 heteroatoms. The van der Waals surface area contributed by atoms with Crippen molar-refractivity contribution in [2.45, 2.75) is 27.7 Å². The molecule has 2 aromatic heterocycles. The zero-order chi connectivity index (χ0) is 21.1. The first-order valence-electron chi connectivity index (χ1n) is 9.84. The minimum Gasteiger partial charge on any atom is -0.340 e. The van der Waals surface area contributed by atoms with Crippen LogP contribution < -0.4 is 10.6 Å². The molecule has 30 heavy (non-hydrogen) atoms. The Morgan fingerprint density at radius 3 is 1.83 bits per heavy atom. The molecule has 0 atom stereocenters. The predicted octanol–water partition coefficient (Wildman–Crippen LogP) is 5.65. The summed E-state index contributed by atoms with van der Waals surface area (Å²) in [4.78, 5) is 17.9. The van der Waals surface area contributed by atoms with Crippen LogP contribution in [0.25, 0.3) is 11.3 Å². The highest BCUT2D eigenvalue weighted by molar-refractivity contribution is 5.67. The molecule has 0 unspecified atom stereocenters. The summed E-state index contributed by atoms with van der Waals surface area (Å²) >= 11 is 0. The second-order valence-corrected chi connectivity index (χ2v) is 7.35. The molecule has 0 saturated heterocycles. The summed E-state index contributed by atoms with van der Waals surface area (Å²) in [5, 5.41) is 6.61. The summed E-state index contributed by atoms with van der Waals surface area (Å²) in [6, 6.07) is 20.2. The van der Waals surface area contributed by atoms with Crippen molar-refractivity contribution in [3.05, 3.63) is 83.4 Å². The van der Waals surface area contributed by atoms with Gasteiger partial charge in [0.15, 0.2) is 0 Å². The molecule has 2 aromatic carbocycles. The van der Waals surface area contributed by atoms with Crippen molar-refractivity contribution in [1.29, 1.82) is 0 Å². The van der Waals surface area contributed by atoms with E-state index in [-0.39, 0.29) is 0 Å². The average molecular weight is 396 g/mol. The summed E-state index contributed by atoms with van der Waals surface area (Å²) in [5.74, 6) is 2.08. The molecule has 6 nitrogen and oxygen atoms in total. The number of benzene rings is 2. The van der Waals surface area contributed by atoms with E-state index in [2.05, 4.69) is 61.8 Å². The molecule has 4 aromatic rings. The molecule has 0 aliphatic carbocycles. The number of rotatable bonds is 5. The standard InChI is InChI=1S/C24H24N6/c1-15-5-7-19(8-6-15)22-14-23(28-18(4)27-22)29-20-9-11-21(12-10-20)30-24-25-16(2)13-17(3)26-24/h5-14H,1-4H3,(H,25,26,30)(H,27,28,29). The van der Waals surface area contributed by atoms with E-state index in [0.29, 0.717) is 5.95 Å². The Bertz CT molecular complexity index is 1150. The van der Waals surface area contributed by atoms with Gasteiger partial charge in [0.25, 0.3) is 0 Å². The van der Waals surface area contributed by atoms with Crippen LogP contribution in [0.5, 0.6) is 0 Å². The van der Waals surface area contributed by atoms with Gasteiger partial charge in [0.2, 0.25) is 5.95 Å². The second kappa shape index (κ2) is 8.29. The second-order valence-electron chi connectivity index (χ2n) is 7.35. The van der Waals surface area contributed by atoms with Gasteiger partial charge in [0.05, 0.1) is 5.69 Å². The first kappa shape index (κ1) is 19.5. The predicted molar refractivity (Wildman–Crippen MR) is 121 cm³/mol. The smallest absolute Gasteiger partial charge is 0.227 e. The quantitative estimate of drug-likeness (QED) is 0.454. The van der Waals surface area contributed by atoms with E-state index in [0.717, 1.165) is 45.7 Å². The van der Waals surface area contributed by atoms with Crippen LogP contribution in [0.2, 0.25) is 0 Å². The fourth-order valence-corrected chi connectivity index (χ4v) is 3.20. The minimum absolute atomic E-state index is 0.599. The molecule has 0 amide bonds. The van der Waals surface area contributed by atoms with Crippen LogP contribution in [-0.2, 0) is 0 Å². The number of aryl methyl sites for hydroxylation is 4. The van der Waals surface area contributed by atoms with Crippen molar-refractivity contribution in [2.24, 2.45) is 0 Å². The lowest BCUT2D eigenvalue weighted by molar-refractivity contribution is 1.06. The van der Waals surface area contributed by atoms with Gasteiger partial charge in [0.1, 0.15) is 11.6 Å². The minimum atomic E-state index is 0.599. The molecule has 2 N–H and O–H groups in total. The van der Waals surface area contributed by atoms with E-state index in [1.165, 1.54) is 5.56 Å². The molecule has 150 valence electrons. The normalized spacial score (nSPS) is 10.7. The van der Waals surface area contributed by atoms with E-state index < -0.39 is 0 Å². The Hall–Kier alpha value is -3.80. The summed E-state index contributed by atoms with van der Waals surface area (Å²) in [6.07, 6.45) is 0. The SMILES string of the molecule is Cc1ccc(-c2cc(Nc3ccc(Nc4nc(C)cc(C)n4)cc3)nc(C)n2)cc1. The monoisotopic (exact) mass is 396 g/mol. The van der Waals surface area contributed by atoms with E-state index in [4.69, 9.17) is 0 Å². The molecular weight excluding hydrogens is 372 g/mol. The lowest BCUT2D eigenvalue weighted by Gasteiger charge is -2.11. The zero-order valence-corrected chi connectivity index (χ0v) is 17.6. The molecule has 0 aliphatic heterocycles. The third-order valence-electron chi connectivity index (χ3n) is 4.58. The number of hydrogen-bond donors (Lipinski definition) is 2. The largest absolute Gasteiger partial charge is 0.340 e. The first-order valence-corrected chi connectivity index (χ1v) is 9.84. The molecule has 0 saturated carbocycles. The van der Waals surface area contributed by atoms with Gasteiger partial charge in [-0.3, -0.25) is 0 Å². The van der Waals surface area contributed by atoms with Crippen molar-refractivity contribution in [2.75, 3.05) is 10.6 Å². The van der Waals surface area contributed by atoms with E-state index in [1.54, 1.807) is 0 Å². The fourth-order valence-electron chi connectivity index (χ4n) is 3.20. The fraction of sp³-hybridized carbons (Fsp3) is 0.167. The van der Waals surface area contributed by atoms with Crippen LogP contribution in [0.1, 0.15) is 22.8 Å². The molecule has 0 radical (unpaired) electrons. The third-order valence-corrected chi connectivity index (χ3v) is 4.58. The molecule has 0 fully saturated rings. The van der Waals surface area contributed by atoms with Gasteiger partial charge < -0.3 is 10.6 Å². The number of hydrogen-bond acceptors (Lipinski definition) is 6. The number of aromatic nitrogens is 4. The highest BCUT2D eigenvalue weighted by Crippen LogP contribution is 2.24. The third kappa shape index (κ3) is 4.78. The lowest BCUT2D eigenvalue weighted by atomic mass is 10.1. The molecule has 0 aliphatic rings. The zero-order valence-electron chi connectivity index (χ0n) is 17.6. The Balaban J connectivity index is 1.51. The maximum atomic E-state index is 4.58. The highest BCUT2D eigenvalue weighted by atomic mass is 15.1. The summed E-state index contributed by atoms with van der Waals surface area (Å²) in [7, 11) is 0. The van der Waals surface area contributed by atoms with Gasteiger partial charge in [-0.15, -0.1) is 0 Å². The van der Waals surface area contributed by atoms with Crippen LogP contribution >= 0.6 is 0 Å². The van der Waals surface area contributed by atoms with E-state index in [9.17, 15) is 0 Å². The molecule has 4 rings (SSSR count). The van der Waals surface area contributed by atoms with Crippen LogP contribution in [0.3, 0.4) is 0 Å². The molecule has 2 heterocycles. The van der Waals surface area contributed by atoms with Crippen molar-refractivity contribution < 1.29 is 0 Å². The van der Waals surface area contributed by atoms with Crippen molar-refractivity contribution in [3.63, 3.8) is 0 Å². The van der Waals surface area contributed by atoms with Crippen molar-refractivity contribution in [1.82, 2.24) is 19.9 Å². The summed E-state index contributed by atoms with van der Waals surface area (Å²) in [6.45, 7) is 7.90. The summed E-state index contributed by atoms with van der Waals surface area (Å²) in [5.41, 5.74) is 6.93. The van der Waals surface area contributed by atoms with Crippen molar-refractivity contribution >= 4 is 23.1 Å². The van der Waals surface area contributed by atoms with Crippen LogP contribution in [0.4, 0.5) is 23.1 Å². The highest BCUT2D eigenvalue weighted by Gasteiger charge is 2.06. The maximum Gasteiger partial charge on any atom is 0.227 e. The van der Waals surface area contributed by atoms with Crippen LogP contribution in [0, 0.1) is 27.7 Å². The molecule has 0 bridgehead atoms. The average Bonchev–Trinajstić information content (AvgIpc) is 2.69. The van der Waals surface area contributed by atoms with Gasteiger partial charge in [-0.05, 0) is 58.0 Å². The summed E-state index contributed by atoms with van der Waals surface area (Å²) < 4.78 is 0. The van der Waals surface area contributed by atoms with Gasteiger partial charge in [-0.1, -0.05) is 29.8 Å². The molecule has 0 spiro atoms. The van der Waals surface area contributed by atoms with Gasteiger partial charge in [0, 0.05) is 34.4 Å².